The molecule has 3 heteroatoms. The van der Waals surface area contributed by atoms with Crippen molar-refractivity contribution in [1.82, 2.24) is 0 Å². The van der Waals surface area contributed by atoms with Gasteiger partial charge in [0.05, 0.1) is 6.10 Å². The molecule has 1 N–H and O–H groups in total. The molecule has 0 bridgehead atoms. The van der Waals surface area contributed by atoms with E-state index < -0.39 is 0 Å². The van der Waals surface area contributed by atoms with Gasteiger partial charge in [-0.1, -0.05) is 18.2 Å². The minimum absolute atomic E-state index is 0.379. The van der Waals surface area contributed by atoms with E-state index in [-0.39, 0.29) is 6.10 Å². The van der Waals surface area contributed by atoms with E-state index in [1.54, 1.807) is 0 Å². The van der Waals surface area contributed by atoms with Crippen LogP contribution in [0.1, 0.15) is 18.6 Å². The Morgan fingerprint density at radius 3 is 2.60 bits per heavy atom. The summed E-state index contributed by atoms with van der Waals surface area (Å²) in [6, 6.07) is 8.16. The highest BCUT2D eigenvalue weighted by molar-refractivity contribution is 7.99. The summed E-state index contributed by atoms with van der Waals surface area (Å²) in [5.41, 5.74) is 2.25. The fourth-order valence-corrected chi connectivity index (χ4v) is 2.84. The van der Waals surface area contributed by atoms with Gasteiger partial charge in [0.25, 0.3) is 0 Å². The maximum atomic E-state index is 9.70. The maximum Gasteiger partial charge on any atom is 0.0781 e. The topological polar surface area (TPSA) is 23.5 Å². The van der Waals surface area contributed by atoms with Crippen molar-refractivity contribution >= 4 is 17.4 Å². The third kappa shape index (κ3) is 2.47. The van der Waals surface area contributed by atoms with Crippen molar-refractivity contribution in [2.24, 2.45) is 0 Å². The molecule has 0 aliphatic carbocycles. The monoisotopic (exact) mass is 223 g/mol. The van der Waals surface area contributed by atoms with Gasteiger partial charge in [-0.15, -0.1) is 0 Å². The maximum absolute atomic E-state index is 9.70. The lowest BCUT2D eigenvalue weighted by Crippen LogP contribution is -2.33. The third-order valence-electron chi connectivity index (χ3n) is 2.74. The molecular weight excluding hydrogens is 206 g/mol. The number of para-hydroxylation sites is 1. The highest BCUT2D eigenvalue weighted by Gasteiger charge is 2.15. The molecule has 0 spiro atoms. The Morgan fingerprint density at radius 1 is 1.27 bits per heavy atom. The summed E-state index contributed by atoms with van der Waals surface area (Å²) in [6.45, 7) is 4.01. The average molecular weight is 223 g/mol. The second-order valence-corrected chi connectivity index (χ2v) is 5.06. The summed E-state index contributed by atoms with van der Waals surface area (Å²) >= 11 is 2.00. The van der Waals surface area contributed by atoms with E-state index >= 15 is 0 Å². The number of aliphatic hydroxyl groups is 1. The normalized spacial score (nSPS) is 18.9. The first kappa shape index (κ1) is 10.8. The van der Waals surface area contributed by atoms with E-state index in [0.717, 1.165) is 18.7 Å². The van der Waals surface area contributed by atoms with Gasteiger partial charge in [0.1, 0.15) is 0 Å². The Kier molecular flexibility index (Phi) is 3.54. The number of hydrogen-bond donors (Lipinski definition) is 1. The van der Waals surface area contributed by atoms with Gasteiger partial charge in [0, 0.05) is 35.8 Å². The Hall–Kier alpha value is -0.670. The second-order valence-electron chi connectivity index (χ2n) is 3.83. The molecule has 1 fully saturated rings. The Labute approximate surface area is 95.3 Å². The molecule has 2 nitrogen and oxygen atoms in total. The molecule has 1 aliphatic heterocycles. The number of benzene rings is 1. The molecule has 82 valence electrons. The zero-order chi connectivity index (χ0) is 10.7. The van der Waals surface area contributed by atoms with Gasteiger partial charge in [-0.2, -0.15) is 11.8 Å². The molecule has 1 aromatic rings. The van der Waals surface area contributed by atoms with Gasteiger partial charge in [0.2, 0.25) is 0 Å². The van der Waals surface area contributed by atoms with Crippen LogP contribution in [-0.2, 0) is 0 Å². The minimum Gasteiger partial charge on any atom is -0.389 e. The van der Waals surface area contributed by atoms with Crippen molar-refractivity contribution in [2.75, 3.05) is 29.5 Å². The van der Waals surface area contributed by atoms with E-state index in [2.05, 4.69) is 11.0 Å². The molecule has 0 unspecified atom stereocenters. The second kappa shape index (κ2) is 4.90. The van der Waals surface area contributed by atoms with Crippen LogP contribution in [0.15, 0.2) is 24.3 Å². The molecule has 0 aromatic heterocycles. The highest BCUT2D eigenvalue weighted by atomic mass is 32.2. The van der Waals surface area contributed by atoms with Gasteiger partial charge in [0.15, 0.2) is 0 Å². The fraction of sp³-hybridized carbons (Fsp3) is 0.500. The summed E-state index contributed by atoms with van der Waals surface area (Å²) in [5, 5.41) is 9.70. The van der Waals surface area contributed by atoms with Gasteiger partial charge >= 0.3 is 0 Å². The average Bonchev–Trinajstić information content (AvgIpc) is 2.30. The van der Waals surface area contributed by atoms with Crippen LogP contribution in [-0.4, -0.2) is 29.7 Å². The highest BCUT2D eigenvalue weighted by Crippen LogP contribution is 2.27. The van der Waals surface area contributed by atoms with Gasteiger partial charge in [-0.05, 0) is 13.0 Å². The lowest BCUT2D eigenvalue weighted by molar-refractivity contribution is 0.199. The third-order valence-corrected chi connectivity index (χ3v) is 3.68. The predicted octanol–water partition coefficient (Wildman–Crippen LogP) is 2.29. The lowest BCUT2D eigenvalue weighted by Gasteiger charge is -2.30. The Bertz CT molecular complexity index is 321. The van der Waals surface area contributed by atoms with Crippen molar-refractivity contribution < 1.29 is 5.11 Å². The van der Waals surface area contributed by atoms with Crippen molar-refractivity contribution in [3.05, 3.63) is 29.8 Å². The van der Waals surface area contributed by atoms with Crippen LogP contribution in [0.25, 0.3) is 0 Å². The first-order valence-electron chi connectivity index (χ1n) is 5.38. The molecule has 1 atom stereocenters. The van der Waals surface area contributed by atoms with E-state index in [9.17, 15) is 5.11 Å². The number of hydrogen-bond acceptors (Lipinski definition) is 3. The van der Waals surface area contributed by atoms with E-state index in [0.29, 0.717) is 0 Å². The van der Waals surface area contributed by atoms with Crippen molar-refractivity contribution in [3.63, 3.8) is 0 Å². The molecule has 15 heavy (non-hydrogen) atoms. The van der Waals surface area contributed by atoms with E-state index in [1.165, 1.54) is 17.2 Å². The largest absolute Gasteiger partial charge is 0.389 e. The van der Waals surface area contributed by atoms with Gasteiger partial charge in [-0.3, -0.25) is 0 Å². The summed E-state index contributed by atoms with van der Waals surface area (Å²) in [7, 11) is 0. The first-order valence-corrected chi connectivity index (χ1v) is 6.54. The first-order chi connectivity index (χ1) is 7.29. The van der Waals surface area contributed by atoms with Crippen LogP contribution in [0.2, 0.25) is 0 Å². The van der Waals surface area contributed by atoms with Crippen LogP contribution in [0.5, 0.6) is 0 Å². The minimum atomic E-state index is -0.379. The molecule has 0 amide bonds. The molecule has 1 saturated heterocycles. The zero-order valence-electron chi connectivity index (χ0n) is 9.02. The molecule has 1 heterocycles. The summed E-state index contributed by atoms with van der Waals surface area (Å²) in [6.07, 6.45) is -0.379. The molecule has 0 saturated carbocycles. The smallest absolute Gasteiger partial charge is 0.0781 e. The van der Waals surface area contributed by atoms with Crippen molar-refractivity contribution in [3.8, 4) is 0 Å². The Morgan fingerprint density at radius 2 is 1.93 bits per heavy atom. The molecule has 1 aliphatic rings. The number of rotatable bonds is 2. The molecule has 2 rings (SSSR count). The predicted molar refractivity (Wildman–Crippen MR) is 66.6 cm³/mol. The zero-order valence-corrected chi connectivity index (χ0v) is 9.83. The standard InChI is InChI=1S/C12H17NOS/c1-10(14)11-4-2-3-5-12(11)13-6-8-15-9-7-13/h2-5,10,14H,6-9H2,1H3/t10-/m1/s1. The van der Waals surface area contributed by atoms with E-state index in [1.807, 2.05) is 36.9 Å². The van der Waals surface area contributed by atoms with Gasteiger partial charge < -0.3 is 10.0 Å². The van der Waals surface area contributed by atoms with Crippen LogP contribution < -0.4 is 4.90 Å². The van der Waals surface area contributed by atoms with Crippen molar-refractivity contribution in [1.29, 1.82) is 0 Å². The SMILES string of the molecule is C[C@@H](O)c1ccccc1N1CCSCC1. The summed E-state index contributed by atoms with van der Waals surface area (Å²) in [5.74, 6) is 2.38. The fourth-order valence-electron chi connectivity index (χ4n) is 1.93. The number of anilines is 1. The van der Waals surface area contributed by atoms with Crippen molar-refractivity contribution in [2.45, 2.75) is 13.0 Å². The summed E-state index contributed by atoms with van der Waals surface area (Å²) < 4.78 is 0. The number of thioether (sulfide) groups is 1. The van der Waals surface area contributed by atoms with Crippen LogP contribution in [0.3, 0.4) is 0 Å². The lowest BCUT2D eigenvalue weighted by atomic mass is 10.1. The summed E-state index contributed by atoms with van der Waals surface area (Å²) in [4.78, 5) is 2.37. The molecular formula is C12H17NOS. The molecule has 1 aromatic carbocycles. The quantitative estimate of drug-likeness (QED) is 0.832. The Balaban J connectivity index is 2.25. The van der Waals surface area contributed by atoms with Crippen LogP contribution in [0, 0.1) is 0 Å². The molecule has 0 radical (unpaired) electrons. The van der Waals surface area contributed by atoms with Crippen LogP contribution >= 0.6 is 11.8 Å². The van der Waals surface area contributed by atoms with Crippen LogP contribution in [0.4, 0.5) is 5.69 Å². The van der Waals surface area contributed by atoms with Gasteiger partial charge in [-0.25, -0.2) is 0 Å². The number of nitrogens with zero attached hydrogens (tertiary/aromatic N) is 1. The van der Waals surface area contributed by atoms with E-state index in [4.69, 9.17) is 0 Å². The number of aliphatic hydroxyl groups excluding tert-OH is 1.